The lowest BCUT2D eigenvalue weighted by atomic mass is 9.94. The van der Waals surface area contributed by atoms with Gasteiger partial charge in [-0.05, 0) is 54.1 Å². The first-order chi connectivity index (χ1) is 20.3. The molecule has 4 aromatic rings. The molecule has 1 saturated heterocycles. The number of fused-ring (bicyclic) bond motifs is 3. The highest BCUT2D eigenvalue weighted by Gasteiger charge is 2.61. The zero-order valence-electron chi connectivity index (χ0n) is 22.8. The first-order valence-electron chi connectivity index (χ1n) is 13.5. The molecule has 42 heavy (non-hydrogen) atoms. The first-order valence-corrected chi connectivity index (χ1v) is 14.3. The van der Waals surface area contributed by atoms with Crippen LogP contribution < -0.4 is 9.64 Å². The number of nitrogens with zero attached hydrogens (tertiary/aromatic N) is 3. The monoisotopic (exact) mass is 599 g/mol. The van der Waals surface area contributed by atoms with E-state index in [1.165, 1.54) is 4.90 Å². The average molecular weight is 601 g/mol. The summed E-state index contributed by atoms with van der Waals surface area (Å²) in [6.45, 7) is 0.320. The highest BCUT2D eigenvalue weighted by atomic mass is 35.5. The van der Waals surface area contributed by atoms with Gasteiger partial charge in [-0.1, -0.05) is 71.7 Å². The number of ether oxygens (including phenoxy) is 1. The highest BCUT2D eigenvalue weighted by Crippen LogP contribution is 2.46. The summed E-state index contributed by atoms with van der Waals surface area (Å²) in [5.74, 6) is 0.187. The number of para-hydroxylation sites is 1. The van der Waals surface area contributed by atoms with Gasteiger partial charge >= 0.3 is 0 Å². The largest absolute Gasteiger partial charge is 0.457 e. The van der Waals surface area contributed by atoms with Crippen molar-refractivity contribution >= 4 is 46.6 Å². The predicted molar refractivity (Wildman–Crippen MR) is 162 cm³/mol. The van der Waals surface area contributed by atoms with Crippen LogP contribution >= 0.6 is 23.2 Å². The van der Waals surface area contributed by atoms with Gasteiger partial charge in [0.2, 0.25) is 11.6 Å². The number of hydrogen-bond donors (Lipinski definition) is 0. The Morgan fingerprint density at radius 1 is 0.905 bits per heavy atom. The number of carbonyl (C=O) groups is 3. The normalized spacial score (nSPS) is 17.6. The van der Waals surface area contributed by atoms with Crippen molar-refractivity contribution in [2.24, 2.45) is 0 Å². The SMILES string of the molecule is CN(Cc1ccc(Cl)cc1Oc1ccc(Cl)cc1)C(=O)C12CCC(=O)N1c1ccccc1C(=O)N2Cc1ccccc1. The van der Waals surface area contributed by atoms with E-state index < -0.39 is 5.66 Å². The summed E-state index contributed by atoms with van der Waals surface area (Å²) in [6, 6.07) is 28.6. The van der Waals surface area contributed by atoms with Crippen molar-refractivity contribution in [3.63, 3.8) is 0 Å². The smallest absolute Gasteiger partial charge is 0.270 e. The molecule has 2 heterocycles. The Labute approximate surface area is 253 Å². The van der Waals surface area contributed by atoms with Gasteiger partial charge in [0.25, 0.3) is 11.8 Å². The second-order valence-electron chi connectivity index (χ2n) is 10.4. The number of benzene rings is 4. The van der Waals surface area contributed by atoms with E-state index in [-0.39, 0.29) is 43.7 Å². The van der Waals surface area contributed by atoms with E-state index in [4.69, 9.17) is 27.9 Å². The van der Waals surface area contributed by atoms with Crippen molar-refractivity contribution in [2.75, 3.05) is 11.9 Å². The van der Waals surface area contributed by atoms with Crippen molar-refractivity contribution in [1.29, 1.82) is 0 Å². The number of halogens is 2. The van der Waals surface area contributed by atoms with Crippen LogP contribution in [0.1, 0.15) is 34.3 Å². The average Bonchev–Trinajstić information content (AvgIpc) is 3.35. The summed E-state index contributed by atoms with van der Waals surface area (Å²) < 4.78 is 6.13. The van der Waals surface area contributed by atoms with Crippen LogP contribution in [0, 0.1) is 0 Å². The Morgan fingerprint density at radius 3 is 2.36 bits per heavy atom. The van der Waals surface area contributed by atoms with Crippen LogP contribution in [0.5, 0.6) is 11.5 Å². The van der Waals surface area contributed by atoms with Gasteiger partial charge in [-0.15, -0.1) is 0 Å². The zero-order valence-corrected chi connectivity index (χ0v) is 24.3. The molecular weight excluding hydrogens is 573 g/mol. The van der Waals surface area contributed by atoms with Crippen LogP contribution in [0.15, 0.2) is 97.1 Å². The molecule has 6 rings (SSSR count). The Morgan fingerprint density at radius 2 is 1.60 bits per heavy atom. The highest BCUT2D eigenvalue weighted by molar-refractivity contribution is 6.31. The van der Waals surface area contributed by atoms with Crippen molar-refractivity contribution in [3.8, 4) is 11.5 Å². The number of likely N-dealkylation sites (N-methyl/N-ethyl adjacent to an activating group) is 1. The molecule has 212 valence electrons. The fourth-order valence-electron chi connectivity index (χ4n) is 5.77. The molecule has 4 aromatic carbocycles. The Balaban J connectivity index is 1.38. The van der Waals surface area contributed by atoms with Gasteiger partial charge in [0.15, 0.2) is 0 Å². The van der Waals surface area contributed by atoms with E-state index in [1.807, 2.05) is 30.3 Å². The number of hydrogen-bond acceptors (Lipinski definition) is 4. The zero-order chi connectivity index (χ0) is 29.4. The molecule has 0 N–H and O–H groups in total. The topological polar surface area (TPSA) is 70.2 Å². The van der Waals surface area contributed by atoms with Crippen LogP contribution in [-0.2, 0) is 22.7 Å². The quantitative estimate of drug-likeness (QED) is 0.231. The molecule has 0 aromatic heterocycles. The molecule has 9 heteroatoms. The maximum Gasteiger partial charge on any atom is 0.270 e. The Kier molecular flexibility index (Phi) is 7.39. The molecule has 7 nitrogen and oxygen atoms in total. The summed E-state index contributed by atoms with van der Waals surface area (Å²) >= 11 is 12.3. The molecule has 3 amide bonds. The van der Waals surface area contributed by atoms with E-state index in [9.17, 15) is 14.4 Å². The number of anilines is 1. The summed E-state index contributed by atoms with van der Waals surface area (Å²) in [6.07, 6.45) is 0.315. The predicted octanol–water partition coefficient (Wildman–Crippen LogP) is 6.92. The molecule has 0 radical (unpaired) electrons. The fourth-order valence-corrected chi connectivity index (χ4v) is 6.05. The summed E-state index contributed by atoms with van der Waals surface area (Å²) in [5, 5.41) is 1.06. The third-order valence-electron chi connectivity index (χ3n) is 7.72. The summed E-state index contributed by atoms with van der Waals surface area (Å²) in [5.41, 5.74) is 0.891. The number of rotatable bonds is 7. The van der Waals surface area contributed by atoms with E-state index in [1.54, 1.807) is 83.6 Å². The van der Waals surface area contributed by atoms with Gasteiger partial charge in [0, 0.05) is 48.6 Å². The van der Waals surface area contributed by atoms with Gasteiger partial charge < -0.3 is 14.5 Å². The second kappa shape index (κ2) is 11.2. The minimum absolute atomic E-state index is 0.137. The number of carbonyl (C=O) groups excluding carboxylic acids is 3. The van der Waals surface area contributed by atoms with Gasteiger partial charge in [0.05, 0.1) is 11.3 Å². The van der Waals surface area contributed by atoms with Gasteiger partial charge in [-0.2, -0.15) is 0 Å². The maximum atomic E-state index is 14.6. The molecule has 0 bridgehead atoms. The molecule has 2 aliphatic rings. The molecule has 2 aliphatic heterocycles. The van der Waals surface area contributed by atoms with Crippen molar-refractivity contribution in [3.05, 3.63) is 124 Å². The number of amides is 3. The Bertz CT molecular complexity index is 1680. The molecule has 0 aliphatic carbocycles. The molecule has 1 atom stereocenters. The van der Waals surface area contributed by atoms with Crippen molar-refractivity contribution < 1.29 is 19.1 Å². The molecule has 0 saturated carbocycles. The van der Waals surface area contributed by atoms with Crippen LogP contribution in [0.2, 0.25) is 10.0 Å². The lowest BCUT2D eigenvalue weighted by molar-refractivity contribution is -0.143. The van der Waals surface area contributed by atoms with Gasteiger partial charge in [0.1, 0.15) is 11.5 Å². The standard InChI is InChI=1S/C33H27Cl2N3O4/c1-36(21-23-11-12-25(35)19-29(23)42-26-15-13-24(34)14-16-26)32(41)33-18-17-30(39)38(33)28-10-6-5-9-27(28)31(40)37(33)20-22-7-3-2-4-8-22/h2-16,19H,17-18,20-21H2,1H3. The van der Waals surface area contributed by atoms with E-state index >= 15 is 0 Å². The minimum Gasteiger partial charge on any atom is -0.457 e. The van der Waals surface area contributed by atoms with Gasteiger partial charge in [-0.3, -0.25) is 19.3 Å². The van der Waals surface area contributed by atoms with Crippen LogP contribution in [0.4, 0.5) is 5.69 Å². The minimum atomic E-state index is -1.52. The van der Waals surface area contributed by atoms with Crippen LogP contribution in [0.25, 0.3) is 0 Å². The van der Waals surface area contributed by atoms with E-state index in [2.05, 4.69) is 0 Å². The first kappa shape index (κ1) is 27.8. The third kappa shape index (κ3) is 4.89. The third-order valence-corrected chi connectivity index (χ3v) is 8.21. The summed E-state index contributed by atoms with van der Waals surface area (Å²) in [4.78, 5) is 46.8. The molecule has 0 spiro atoms. The lowest BCUT2D eigenvalue weighted by Crippen LogP contribution is -2.70. The van der Waals surface area contributed by atoms with Crippen LogP contribution in [0.3, 0.4) is 0 Å². The Hall–Kier alpha value is -4.33. The fraction of sp³-hybridized carbons (Fsp3) is 0.182. The second-order valence-corrected chi connectivity index (χ2v) is 11.3. The van der Waals surface area contributed by atoms with Crippen molar-refractivity contribution in [2.45, 2.75) is 31.6 Å². The summed E-state index contributed by atoms with van der Waals surface area (Å²) in [7, 11) is 1.67. The van der Waals surface area contributed by atoms with E-state index in [0.717, 1.165) is 5.56 Å². The molecule has 1 unspecified atom stereocenters. The van der Waals surface area contributed by atoms with E-state index in [0.29, 0.717) is 38.4 Å². The maximum absolute atomic E-state index is 14.6. The molecule has 1 fully saturated rings. The lowest BCUT2D eigenvalue weighted by Gasteiger charge is -2.50. The van der Waals surface area contributed by atoms with Gasteiger partial charge in [-0.25, -0.2) is 0 Å². The molecular formula is C33H27Cl2N3O4. The van der Waals surface area contributed by atoms with Crippen LogP contribution in [-0.4, -0.2) is 40.2 Å². The van der Waals surface area contributed by atoms with Crippen molar-refractivity contribution in [1.82, 2.24) is 9.80 Å².